The van der Waals surface area contributed by atoms with E-state index in [1.54, 1.807) is 12.4 Å². The zero-order chi connectivity index (χ0) is 19.8. The molecule has 29 heavy (non-hydrogen) atoms. The first-order chi connectivity index (χ1) is 14.2. The molecule has 0 bridgehead atoms. The maximum atomic E-state index is 6.11. The molecule has 5 rings (SSSR count). The second kappa shape index (κ2) is 7.25. The summed E-state index contributed by atoms with van der Waals surface area (Å²) in [6.45, 7) is 0.950. The molecule has 0 saturated heterocycles. The summed E-state index contributed by atoms with van der Waals surface area (Å²) in [5.74, 6) is 1.17. The average molecular weight is 385 g/mol. The molecule has 1 aromatic carbocycles. The molecule has 1 saturated carbocycles. The molecule has 1 fully saturated rings. The van der Waals surface area contributed by atoms with Crippen molar-refractivity contribution in [3.63, 3.8) is 0 Å². The van der Waals surface area contributed by atoms with Crippen LogP contribution in [0, 0.1) is 0 Å². The van der Waals surface area contributed by atoms with Crippen LogP contribution in [0.3, 0.4) is 0 Å². The first-order valence-corrected chi connectivity index (χ1v) is 9.94. The van der Waals surface area contributed by atoms with Crippen LogP contribution < -0.4 is 11.1 Å². The third kappa shape index (κ3) is 3.34. The number of nitrogens with zero attached hydrogens (tertiary/aromatic N) is 5. The maximum Gasteiger partial charge on any atom is 0.222 e. The highest BCUT2D eigenvalue weighted by Gasteiger charge is 2.30. The van der Waals surface area contributed by atoms with Gasteiger partial charge >= 0.3 is 0 Å². The number of likely N-dealkylation sites (N-methyl/N-ethyl adjacent to an activating group) is 1. The number of rotatable bonds is 6. The van der Waals surface area contributed by atoms with Gasteiger partial charge in [0.15, 0.2) is 5.65 Å². The van der Waals surface area contributed by atoms with E-state index in [0.29, 0.717) is 6.04 Å². The number of nitrogens with two attached hydrogens (primary N) is 1. The Balaban J connectivity index is 1.67. The van der Waals surface area contributed by atoms with Crippen molar-refractivity contribution in [2.75, 3.05) is 19.3 Å². The van der Waals surface area contributed by atoms with Crippen LogP contribution in [0.5, 0.6) is 0 Å². The number of imidazole rings is 1. The van der Waals surface area contributed by atoms with Gasteiger partial charge in [-0.25, -0.2) is 9.97 Å². The normalized spacial score (nSPS) is 13.8. The molecule has 0 radical (unpaired) electrons. The van der Waals surface area contributed by atoms with Gasteiger partial charge in [-0.1, -0.05) is 24.3 Å². The van der Waals surface area contributed by atoms with Gasteiger partial charge in [-0.3, -0.25) is 4.98 Å². The Hall–Kier alpha value is -3.32. The number of nitrogen functional groups attached to an aromatic ring is 1. The third-order valence-corrected chi connectivity index (χ3v) is 5.30. The highest BCUT2D eigenvalue weighted by molar-refractivity contribution is 5.91. The second-order valence-electron chi connectivity index (χ2n) is 7.43. The third-order valence-electron chi connectivity index (χ3n) is 5.30. The van der Waals surface area contributed by atoms with Crippen LogP contribution >= 0.6 is 0 Å². The Kier molecular flexibility index (Phi) is 4.44. The number of hydrogen-bond acceptors (Lipinski definition) is 6. The SMILES string of the molecule is CNCCc1ccc(-c2nc(N)nc3c2nc(-c2ccncc2)n3C2CC2)cc1. The standard InChI is InChI=1S/C22H23N7/c1-24-11-8-14-2-4-15(5-3-14)18-19-21(28-22(23)27-18)29(17-6-7-17)20(26-19)16-9-12-25-13-10-16/h2-5,9-10,12-13,17,24H,6-8,11H2,1H3,(H2,23,27,28). The minimum Gasteiger partial charge on any atom is -0.368 e. The second-order valence-corrected chi connectivity index (χ2v) is 7.43. The minimum absolute atomic E-state index is 0.273. The van der Waals surface area contributed by atoms with Gasteiger partial charge in [-0.15, -0.1) is 0 Å². The van der Waals surface area contributed by atoms with Gasteiger partial charge in [-0.2, -0.15) is 4.98 Å². The molecule has 1 aliphatic carbocycles. The summed E-state index contributed by atoms with van der Waals surface area (Å²) in [7, 11) is 1.96. The van der Waals surface area contributed by atoms with Gasteiger partial charge in [0.2, 0.25) is 5.95 Å². The van der Waals surface area contributed by atoms with E-state index < -0.39 is 0 Å². The summed E-state index contributed by atoms with van der Waals surface area (Å²) in [6, 6.07) is 12.8. The summed E-state index contributed by atoms with van der Waals surface area (Å²) in [4.78, 5) is 18.2. The molecule has 1 aliphatic rings. The summed E-state index contributed by atoms with van der Waals surface area (Å²) < 4.78 is 2.22. The Morgan fingerprint density at radius 2 is 1.76 bits per heavy atom. The zero-order valence-corrected chi connectivity index (χ0v) is 16.3. The van der Waals surface area contributed by atoms with Crippen molar-refractivity contribution >= 4 is 17.1 Å². The summed E-state index contributed by atoms with van der Waals surface area (Å²) in [5, 5.41) is 3.18. The number of aromatic nitrogens is 5. The Morgan fingerprint density at radius 1 is 1.00 bits per heavy atom. The van der Waals surface area contributed by atoms with Crippen LogP contribution in [0.25, 0.3) is 33.8 Å². The van der Waals surface area contributed by atoms with Crippen molar-refractivity contribution in [1.82, 2.24) is 29.8 Å². The molecule has 0 spiro atoms. The molecule has 4 aromatic rings. The van der Waals surface area contributed by atoms with E-state index in [-0.39, 0.29) is 5.95 Å². The average Bonchev–Trinajstić information content (AvgIpc) is 3.52. The van der Waals surface area contributed by atoms with E-state index in [0.717, 1.165) is 59.6 Å². The Labute approximate surface area is 169 Å². The van der Waals surface area contributed by atoms with E-state index >= 15 is 0 Å². The fourth-order valence-electron chi connectivity index (χ4n) is 3.67. The fraction of sp³-hybridized carbons (Fsp3) is 0.273. The van der Waals surface area contributed by atoms with Crippen LogP contribution in [0.1, 0.15) is 24.4 Å². The zero-order valence-electron chi connectivity index (χ0n) is 16.3. The number of benzene rings is 1. The monoisotopic (exact) mass is 385 g/mol. The van der Waals surface area contributed by atoms with Crippen LogP contribution in [-0.2, 0) is 6.42 Å². The highest BCUT2D eigenvalue weighted by Crippen LogP contribution is 2.42. The first kappa shape index (κ1) is 17.8. The van der Waals surface area contributed by atoms with Gasteiger partial charge in [0.1, 0.15) is 17.0 Å². The summed E-state index contributed by atoms with van der Waals surface area (Å²) in [6.07, 6.45) is 6.82. The molecule has 3 heterocycles. The molecule has 7 heteroatoms. The quantitative estimate of drug-likeness (QED) is 0.529. The first-order valence-electron chi connectivity index (χ1n) is 9.94. The van der Waals surface area contributed by atoms with Crippen LogP contribution in [0.2, 0.25) is 0 Å². The molecular weight excluding hydrogens is 362 g/mol. The molecule has 146 valence electrons. The molecule has 0 unspecified atom stereocenters. The smallest absolute Gasteiger partial charge is 0.222 e. The molecule has 3 aromatic heterocycles. The molecule has 0 atom stereocenters. The van der Waals surface area contributed by atoms with E-state index in [9.17, 15) is 0 Å². The van der Waals surface area contributed by atoms with E-state index in [1.807, 2.05) is 19.2 Å². The predicted octanol–water partition coefficient (Wildman–Crippen LogP) is 3.23. The highest BCUT2D eigenvalue weighted by atomic mass is 15.2. The number of anilines is 1. The molecule has 3 N–H and O–H groups in total. The lowest BCUT2D eigenvalue weighted by Crippen LogP contribution is -2.10. The molecule has 7 nitrogen and oxygen atoms in total. The van der Waals surface area contributed by atoms with Gasteiger partial charge in [-0.05, 0) is 50.6 Å². The van der Waals surface area contributed by atoms with Crippen molar-refractivity contribution < 1.29 is 0 Å². The van der Waals surface area contributed by atoms with Crippen molar-refractivity contribution in [2.24, 2.45) is 0 Å². The molecule has 0 amide bonds. The van der Waals surface area contributed by atoms with Crippen LogP contribution in [0.15, 0.2) is 48.8 Å². The van der Waals surface area contributed by atoms with Gasteiger partial charge < -0.3 is 15.6 Å². The topological polar surface area (TPSA) is 94.5 Å². The predicted molar refractivity (Wildman–Crippen MR) is 114 cm³/mol. The Bertz CT molecular complexity index is 1150. The Morgan fingerprint density at radius 3 is 2.45 bits per heavy atom. The summed E-state index contributed by atoms with van der Waals surface area (Å²) in [5.41, 5.74) is 11.8. The van der Waals surface area contributed by atoms with Crippen molar-refractivity contribution in [1.29, 1.82) is 0 Å². The van der Waals surface area contributed by atoms with Crippen LogP contribution in [-0.4, -0.2) is 38.1 Å². The lowest BCUT2D eigenvalue weighted by molar-refractivity contribution is 0.766. The minimum atomic E-state index is 0.273. The van der Waals surface area contributed by atoms with E-state index in [4.69, 9.17) is 10.7 Å². The summed E-state index contributed by atoms with van der Waals surface area (Å²) >= 11 is 0. The molecule has 0 aliphatic heterocycles. The van der Waals surface area contributed by atoms with E-state index in [2.05, 4.69) is 49.1 Å². The van der Waals surface area contributed by atoms with E-state index in [1.165, 1.54) is 5.56 Å². The van der Waals surface area contributed by atoms with Gasteiger partial charge in [0.05, 0.1) is 0 Å². The number of hydrogen-bond donors (Lipinski definition) is 2. The number of pyridine rings is 1. The molecular formula is C22H23N7. The lowest BCUT2D eigenvalue weighted by Gasteiger charge is -2.08. The lowest BCUT2D eigenvalue weighted by atomic mass is 10.1. The van der Waals surface area contributed by atoms with Gasteiger partial charge in [0, 0.05) is 29.6 Å². The largest absolute Gasteiger partial charge is 0.368 e. The van der Waals surface area contributed by atoms with Crippen molar-refractivity contribution in [3.8, 4) is 22.6 Å². The number of nitrogens with one attached hydrogen (secondary N) is 1. The number of fused-ring (bicyclic) bond motifs is 1. The van der Waals surface area contributed by atoms with Crippen molar-refractivity contribution in [3.05, 3.63) is 54.4 Å². The van der Waals surface area contributed by atoms with Crippen molar-refractivity contribution in [2.45, 2.75) is 25.3 Å². The van der Waals surface area contributed by atoms with Gasteiger partial charge in [0.25, 0.3) is 0 Å². The maximum absolute atomic E-state index is 6.11. The van der Waals surface area contributed by atoms with Crippen LogP contribution in [0.4, 0.5) is 5.95 Å². The fourth-order valence-corrected chi connectivity index (χ4v) is 3.67.